The molecule has 0 radical (unpaired) electrons. The van der Waals surface area contributed by atoms with Gasteiger partial charge in [-0.3, -0.25) is 0 Å². The second-order valence-electron chi connectivity index (χ2n) is 7.01. The van der Waals surface area contributed by atoms with Crippen LogP contribution in [0.5, 0.6) is 0 Å². The van der Waals surface area contributed by atoms with Gasteiger partial charge < -0.3 is 19.9 Å². The predicted octanol–water partition coefficient (Wildman–Crippen LogP) is 1.26. The summed E-state index contributed by atoms with van der Waals surface area (Å²) in [6.07, 6.45) is 6.01. The molecule has 0 aliphatic carbocycles. The molecular weight excluding hydrogens is 278 g/mol. The van der Waals surface area contributed by atoms with Crippen molar-refractivity contribution in [1.82, 2.24) is 20.3 Å². The molecule has 5 rings (SSSR count). The molecule has 116 valence electrons. The third-order valence-corrected chi connectivity index (χ3v) is 5.49. The van der Waals surface area contributed by atoms with Crippen LogP contribution >= 0.6 is 0 Å². The summed E-state index contributed by atoms with van der Waals surface area (Å²) in [5.41, 5.74) is 2.85. The Kier molecular flexibility index (Phi) is 2.72. The van der Waals surface area contributed by atoms with Gasteiger partial charge in [0.1, 0.15) is 17.8 Å². The van der Waals surface area contributed by atoms with E-state index in [0.29, 0.717) is 11.3 Å². The highest BCUT2D eigenvalue weighted by molar-refractivity contribution is 5.91. The highest BCUT2D eigenvalue weighted by Gasteiger charge is 2.48. The molecule has 2 aromatic rings. The number of H-pyrrole nitrogens is 1. The molecule has 0 saturated carbocycles. The van der Waals surface area contributed by atoms with Gasteiger partial charge >= 0.3 is 0 Å². The van der Waals surface area contributed by atoms with Gasteiger partial charge in [-0.05, 0) is 24.3 Å². The molecule has 5 heterocycles. The van der Waals surface area contributed by atoms with Gasteiger partial charge in [-0.25, -0.2) is 9.97 Å². The molecule has 3 fully saturated rings. The lowest BCUT2D eigenvalue weighted by molar-refractivity contribution is 0.0856. The summed E-state index contributed by atoms with van der Waals surface area (Å²) in [4.78, 5) is 14.8. The summed E-state index contributed by atoms with van der Waals surface area (Å²) in [5.74, 6) is 1.68. The van der Waals surface area contributed by atoms with Gasteiger partial charge in [0.05, 0.1) is 5.39 Å². The zero-order chi connectivity index (χ0) is 14.6. The van der Waals surface area contributed by atoms with Crippen LogP contribution < -0.4 is 10.2 Å². The fourth-order valence-corrected chi connectivity index (χ4v) is 4.16. The zero-order valence-corrected chi connectivity index (χ0v) is 12.6. The molecule has 0 amide bonds. The van der Waals surface area contributed by atoms with Crippen LogP contribution in [0.4, 0.5) is 5.82 Å². The van der Waals surface area contributed by atoms with Gasteiger partial charge in [0.25, 0.3) is 0 Å². The summed E-state index contributed by atoms with van der Waals surface area (Å²) < 4.78 is 5.51. The molecular formula is C16H21N5O. The largest absolute Gasteiger partial charge is 0.381 e. The van der Waals surface area contributed by atoms with Crippen LogP contribution in [0.15, 0.2) is 12.5 Å². The van der Waals surface area contributed by atoms with E-state index in [1.165, 1.54) is 10.9 Å². The summed E-state index contributed by atoms with van der Waals surface area (Å²) in [5, 5.41) is 4.62. The number of nitrogens with one attached hydrogen (secondary N) is 2. The van der Waals surface area contributed by atoms with E-state index in [1.807, 2.05) is 0 Å². The van der Waals surface area contributed by atoms with Gasteiger partial charge in [0.2, 0.25) is 0 Å². The SMILES string of the molecule is c1nc(N2CC3(CNC3)C2)c2c(C3CCOCC3)c[nH]c2n1. The van der Waals surface area contributed by atoms with Crippen LogP contribution in [0.2, 0.25) is 0 Å². The second-order valence-corrected chi connectivity index (χ2v) is 7.01. The molecule has 2 N–H and O–H groups in total. The maximum Gasteiger partial charge on any atom is 0.143 e. The first-order chi connectivity index (χ1) is 10.8. The number of hydrogen-bond donors (Lipinski definition) is 2. The number of aromatic nitrogens is 3. The third-order valence-electron chi connectivity index (χ3n) is 5.49. The summed E-state index contributed by atoms with van der Waals surface area (Å²) in [7, 11) is 0. The molecule has 22 heavy (non-hydrogen) atoms. The predicted molar refractivity (Wildman–Crippen MR) is 84.2 cm³/mol. The van der Waals surface area contributed by atoms with Gasteiger partial charge in [0, 0.05) is 51.0 Å². The lowest BCUT2D eigenvalue weighted by Gasteiger charge is -2.56. The van der Waals surface area contributed by atoms with Gasteiger partial charge in [-0.15, -0.1) is 0 Å². The Labute approximate surface area is 129 Å². The van der Waals surface area contributed by atoms with E-state index in [-0.39, 0.29) is 0 Å². The second kappa shape index (κ2) is 4.67. The van der Waals surface area contributed by atoms with E-state index in [4.69, 9.17) is 4.74 Å². The lowest BCUT2D eigenvalue weighted by atomic mass is 9.74. The molecule has 3 aliphatic heterocycles. The number of anilines is 1. The average Bonchev–Trinajstić information content (AvgIpc) is 2.90. The van der Waals surface area contributed by atoms with E-state index in [2.05, 4.69) is 31.4 Å². The zero-order valence-electron chi connectivity index (χ0n) is 12.6. The minimum Gasteiger partial charge on any atom is -0.381 e. The van der Waals surface area contributed by atoms with Crippen molar-refractivity contribution in [2.75, 3.05) is 44.3 Å². The van der Waals surface area contributed by atoms with Crippen molar-refractivity contribution in [2.45, 2.75) is 18.8 Å². The fraction of sp³-hybridized carbons (Fsp3) is 0.625. The molecule has 0 unspecified atom stereocenters. The lowest BCUT2D eigenvalue weighted by Crippen LogP contribution is -2.71. The minimum absolute atomic E-state index is 0.506. The summed E-state index contributed by atoms with van der Waals surface area (Å²) in [6.45, 7) is 6.25. The Balaban J connectivity index is 1.52. The average molecular weight is 299 g/mol. The maximum absolute atomic E-state index is 5.51. The topological polar surface area (TPSA) is 66.1 Å². The first-order valence-electron chi connectivity index (χ1n) is 8.20. The molecule has 6 nitrogen and oxygen atoms in total. The van der Waals surface area contributed by atoms with Crippen molar-refractivity contribution in [3.8, 4) is 0 Å². The quantitative estimate of drug-likeness (QED) is 0.874. The highest BCUT2D eigenvalue weighted by Crippen LogP contribution is 2.41. The van der Waals surface area contributed by atoms with Crippen molar-refractivity contribution in [3.63, 3.8) is 0 Å². The van der Waals surface area contributed by atoms with Crippen molar-refractivity contribution in [2.24, 2.45) is 5.41 Å². The number of hydrogen-bond acceptors (Lipinski definition) is 5. The summed E-state index contributed by atoms with van der Waals surface area (Å²) >= 11 is 0. The smallest absolute Gasteiger partial charge is 0.143 e. The molecule has 0 aromatic carbocycles. The Bertz CT molecular complexity index is 694. The maximum atomic E-state index is 5.51. The van der Waals surface area contributed by atoms with Crippen molar-refractivity contribution >= 4 is 16.9 Å². The monoisotopic (exact) mass is 299 g/mol. The number of ether oxygens (including phenoxy) is 1. The Morgan fingerprint density at radius 3 is 2.73 bits per heavy atom. The first kappa shape index (κ1) is 12.8. The van der Waals surface area contributed by atoms with E-state index in [9.17, 15) is 0 Å². The van der Waals surface area contributed by atoms with Crippen molar-refractivity contribution in [1.29, 1.82) is 0 Å². The summed E-state index contributed by atoms with van der Waals surface area (Å²) in [6, 6.07) is 0. The van der Waals surface area contributed by atoms with Crippen LogP contribution in [0.3, 0.4) is 0 Å². The Morgan fingerprint density at radius 2 is 2.00 bits per heavy atom. The Hall–Kier alpha value is -1.66. The number of rotatable bonds is 2. The number of nitrogens with zero attached hydrogens (tertiary/aromatic N) is 3. The molecule has 2 aromatic heterocycles. The van der Waals surface area contributed by atoms with E-state index >= 15 is 0 Å². The molecule has 3 saturated heterocycles. The van der Waals surface area contributed by atoms with Gasteiger partial charge in [0.15, 0.2) is 0 Å². The molecule has 0 bridgehead atoms. The van der Waals surface area contributed by atoms with Crippen molar-refractivity contribution < 1.29 is 4.74 Å². The molecule has 6 heteroatoms. The standard InChI is InChI=1S/C16H21N5O/c1-3-22-4-2-11(1)12-5-18-14-13(12)15(20-10-19-14)21-8-16(9-21)6-17-7-16/h5,10-11,17H,1-4,6-9H2,(H,18,19,20). The van der Waals surface area contributed by atoms with Crippen molar-refractivity contribution in [3.05, 3.63) is 18.1 Å². The minimum atomic E-state index is 0.506. The first-order valence-corrected chi connectivity index (χ1v) is 8.20. The van der Waals surface area contributed by atoms with Gasteiger partial charge in [-0.1, -0.05) is 0 Å². The number of fused-ring (bicyclic) bond motifs is 1. The van der Waals surface area contributed by atoms with Crippen LogP contribution in [0.25, 0.3) is 11.0 Å². The molecule has 1 spiro atoms. The number of aromatic amines is 1. The van der Waals surface area contributed by atoms with E-state index in [1.54, 1.807) is 6.33 Å². The normalized spacial score (nSPS) is 24.5. The highest BCUT2D eigenvalue weighted by atomic mass is 16.5. The fourth-order valence-electron chi connectivity index (χ4n) is 4.16. The van der Waals surface area contributed by atoms with Crippen LogP contribution in [-0.4, -0.2) is 54.3 Å². The van der Waals surface area contributed by atoms with Gasteiger partial charge in [-0.2, -0.15) is 0 Å². The molecule has 3 aliphatic rings. The van der Waals surface area contributed by atoms with Crippen LogP contribution in [-0.2, 0) is 4.74 Å². The molecule has 0 atom stereocenters. The van der Waals surface area contributed by atoms with Crippen LogP contribution in [0.1, 0.15) is 24.3 Å². The van der Waals surface area contributed by atoms with E-state index in [0.717, 1.165) is 63.7 Å². The third kappa shape index (κ3) is 1.80. The van der Waals surface area contributed by atoms with Crippen LogP contribution in [0, 0.1) is 5.41 Å². The Morgan fingerprint density at radius 1 is 1.18 bits per heavy atom. The van der Waals surface area contributed by atoms with E-state index < -0.39 is 0 Å².